The fourth-order valence-corrected chi connectivity index (χ4v) is 2.22. The van der Waals surface area contributed by atoms with E-state index in [1.165, 1.54) is 17.7 Å². The van der Waals surface area contributed by atoms with Gasteiger partial charge in [-0.25, -0.2) is 4.39 Å². The summed E-state index contributed by atoms with van der Waals surface area (Å²) in [6, 6.07) is 4.91. The molecule has 3 heteroatoms. The van der Waals surface area contributed by atoms with Gasteiger partial charge < -0.3 is 5.32 Å². The molecule has 0 aliphatic heterocycles. The van der Waals surface area contributed by atoms with Crippen molar-refractivity contribution in [2.75, 3.05) is 13.6 Å². The maximum atomic E-state index is 12.9. The van der Waals surface area contributed by atoms with E-state index >= 15 is 0 Å². The number of hydrogen-bond donors (Lipinski definition) is 1. The second kappa shape index (κ2) is 5.78. The Morgan fingerprint density at radius 2 is 2.06 bits per heavy atom. The van der Waals surface area contributed by atoms with E-state index in [1.54, 1.807) is 0 Å². The maximum absolute atomic E-state index is 12.9. The molecule has 0 fully saturated rings. The molecule has 1 N–H and O–H groups in total. The van der Waals surface area contributed by atoms with Crippen LogP contribution in [-0.4, -0.2) is 13.6 Å². The monoisotopic (exact) mass is 287 g/mol. The molecule has 90 valence electrons. The van der Waals surface area contributed by atoms with Crippen LogP contribution in [0.15, 0.2) is 22.7 Å². The van der Waals surface area contributed by atoms with Gasteiger partial charge in [0.2, 0.25) is 0 Å². The van der Waals surface area contributed by atoms with Gasteiger partial charge in [0, 0.05) is 4.47 Å². The highest BCUT2D eigenvalue weighted by Gasteiger charge is 2.19. The van der Waals surface area contributed by atoms with Crippen LogP contribution in [0.25, 0.3) is 0 Å². The number of rotatable bonds is 5. The molecule has 0 aliphatic carbocycles. The van der Waals surface area contributed by atoms with Crippen LogP contribution in [0, 0.1) is 11.2 Å². The van der Waals surface area contributed by atoms with Crippen molar-refractivity contribution < 1.29 is 4.39 Å². The van der Waals surface area contributed by atoms with Gasteiger partial charge in [0.25, 0.3) is 0 Å². The van der Waals surface area contributed by atoms with Crippen molar-refractivity contribution in [1.29, 1.82) is 0 Å². The van der Waals surface area contributed by atoms with Gasteiger partial charge in [-0.05, 0) is 49.5 Å². The predicted molar refractivity (Wildman–Crippen MR) is 70.1 cm³/mol. The first-order valence-corrected chi connectivity index (χ1v) is 6.32. The molecule has 0 saturated carbocycles. The fourth-order valence-electron chi connectivity index (χ4n) is 1.73. The minimum absolute atomic E-state index is 0.191. The standard InChI is InChI=1S/C13H19BrFN/c1-13(2,6-7-16-3)9-10-4-5-11(15)8-12(10)14/h4-5,8,16H,6-7,9H2,1-3H3. The molecule has 1 rings (SSSR count). The van der Waals surface area contributed by atoms with Crippen LogP contribution < -0.4 is 5.32 Å². The molecule has 0 aromatic heterocycles. The van der Waals surface area contributed by atoms with Crippen LogP contribution in [0.3, 0.4) is 0 Å². The topological polar surface area (TPSA) is 12.0 Å². The molecule has 0 bridgehead atoms. The smallest absolute Gasteiger partial charge is 0.124 e. The quantitative estimate of drug-likeness (QED) is 0.869. The van der Waals surface area contributed by atoms with Crippen LogP contribution >= 0.6 is 15.9 Å². The predicted octanol–water partition coefficient (Wildman–Crippen LogP) is 3.77. The van der Waals surface area contributed by atoms with Gasteiger partial charge in [0.1, 0.15) is 5.82 Å². The van der Waals surface area contributed by atoms with Gasteiger partial charge in [-0.15, -0.1) is 0 Å². The molecule has 0 spiro atoms. The lowest BCUT2D eigenvalue weighted by Gasteiger charge is -2.25. The Morgan fingerprint density at radius 1 is 1.38 bits per heavy atom. The Bertz CT molecular complexity index is 350. The molecule has 0 heterocycles. The first-order chi connectivity index (χ1) is 7.44. The SMILES string of the molecule is CNCCC(C)(C)Cc1ccc(F)cc1Br. The van der Waals surface area contributed by atoms with Crippen molar-refractivity contribution in [3.05, 3.63) is 34.1 Å². The van der Waals surface area contributed by atoms with Gasteiger partial charge >= 0.3 is 0 Å². The summed E-state index contributed by atoms with van der Waals surface area (Å²) in [6.07, 6.45) is 2.06. The second-order valence-electron chi connectivity index (χ2n) is 4.93. The van der Waals surface area contributed by atoms with E-state index in [2.05, 4.69) is 35.1 Å². The van der Waals surface area contributed by atoms with Crippen molar-refractivity contribution in [3.8, 4) is 0 Å². The molecule has 0 amide bonds. The summed E-state index contributed by atoms with van der Waals surface area (Å²) in [5.74, 6) is -0.191. The van der Waals surface area contributed by atoms with Crippen LogP contribution in [0.1, 0.15) is 25.8 Å². The molecule has 1 aromatic carbocycles. The highest BCUT2D eigenvalue weighted by atomic mass is 79.9. The zero-order chi connectivity index (χ0) is 12.2. The van der Waals surface area contributed by atoms with E-state index in [4.69, 9.17) is 0 Å². The number of nitrogens with one attached hydrogen (secondary N) is 1. The van der Waals surface area contributed by atoms with Crippen LogP contribution in [0.2, 0.25) is 0 Å². The van der Waals surface area contributed by atoms with E-state index < -0.39 is 0 Å². The summed E-state index contributed by atoms with van der Waals surface area (Å²) in [5.41, 5.74) is 1.39. The van der Waals surface area contributed by atoms with E-state index in [0.29, 0.717) is 0 Å². The van der Waals surface area contributed by atoms with Crippen molar-refractivity contribution >= 4 is 15.9 Å². The molecular formula is C13H19BrFN. The third-order valence-electron chi connectivity index (χ3n) is 2.74. The van der Waals surface area contributed by atoms with Crippen LogP contribution in [0.5, 0.6) is 0 Å². The van der Waals surface area contributed by atoms with E-state index in [1.807, 2.05) is 13.1 Å². The Morgan fingerprint density at radius 3 is 2.62 bits per heavy atom. The molecule has 0 radical (unpaired) electrons. The lowest BCUT2D eigenvalue weighted by molar-refractivity contribution is 0.329. The summed E-state index contributed by atoms with van der Waals surface area (Å²) in [7, 11) is 1.96. The average Bonchev–Trinajstić information content (AvgIpc) is 2.19. The molecule has 1 nitrogen and oxygen atoms in total. The third kappa shape index (κ3) is 4.22. The summed E-state index contributed by atoms with van der Waals surface area (Å²) < 4.78 is 13.8. The molecule has 0 saturated heterocycles. The average molecular weight is 288 g/mol. The first-order valence-electron chi connectivity index (χ1n) is 5.53. The summed E-state index contributed by atoms with van der Waals surface area (Å²) in [4.78, 5) is 0. The van der Waals surface area contributed by atoms with Crippen molar-refractivity contribution in [2.45, 2.75) is 26.7 Å². The first kappa shape index (κ1) is 13.7. The lowest BCUT2D eigenvalue weighted by Crippen LogP contribution is -2.22. The zero-order valence-electron chi connectivity index (χ0n) is 10.1. The Kier molecular flexibility index (Phi) is 4.93. The van der Waals surface area contributed by atoms with Gasteiger partial charge in [-0.1, -0.05) is 35.8 Å². The Hall–Kier alpha value is -0.410. The summed E-state index contributed by atoms with van der Waals surface area (Å²) >= 11 is 3.41. The zero-order valence-corrected chi connectivity index (χ0v) is 11.7. The van der Waals surface area contributed by atoms with Gasteiger partial charge in [-0.3, -0.25) is 0 Å². The molecule has 0 atom stereocenters. The fraction of sp³-hybridized carbons (Fsp3) is 0.538. The summed E-state index contributed by atoms with van der Waals surface area (Å²) in [5, 5.41) is 3.16. The van der Waals surface area contributed by atoms with E-state index in [0.717, 1.165) is 23.9 Å². The molecule has 16 heavy (non-hydrogen) atoms. The van der Waals surface area contributed by atoms with Crippen molar-refractivity contribution in [1.82, 2.24) is 5.32 Å². The van der Waals surface area contributed by atoms with Gasteiger partial charge in [0.05, 0.1) is 0 Å². The van der Waals surface area contributed by atoms with E-state index in [-0.39, 0.29) is 11.2 Å². The second-order valence-corrected chi connectivity index (χ2v) is 5.78. The Labute approximate surface area is 106 Å². The lowest BCUT2D eigenvalue weighted by atomic mass is 9.82. The van der Waals surface area contributed by atoms with E-state index in [9.17, 15) is 4.39 Å². The highest BCUT2D eigenvalue weighted by Crippen LogP contribution is 2.29. The van der Waals surface area contributed by atoms with Gasteiger partial charge in [-0.2, -0.15) is 0 Å². The van der Waals surface area contributed by atoms with Crippen LogP contribution in [0.4, 0.5) is 4.39 Å². The minimum atomic E-state index is -0.191. The maximum Gasteiger partial charge on any atom is 0.124 e. The van der Waals surface area contributed by atoms with Crippen LogP contribution in [-0.2, 0) is 6.42 Å². The molecule has 0 aliphatic rings. The van der Waals surface area contributed by atoms with Crippen molar-refractivity contribution in [3.63, 3.8) is 0 Å². The highest BCUT2D eigenvalue weighted by molar-refractivity contribution is 9.10. The Balaban J connectivity index is 2.71. The largest absolute Gasteiger partial charge is 0.320 e. The third-order valence-corrected chi connectivity index (χ3v) is 3.47. The van der Waals surface area contributed by atoms with Gasteiger partial charge in [0.15, 0.2) is 0 Å². The summed E-state index contributed by atoms with van der Waals surface area (Å²) in [6.45, 7) is 5.48. The molecule has 1 aromatic rings. The number of halogens is 2. The number of hydrogen-bond acceptors (Lipinski definition) is 1. The normalized spacial score (nSPS) is 11.8. The van der Waals surface area contributed by atoms with Crippen molar-refractivity contribution in [2.24, 2.45) is 5.41 Å². The molecule has 0 unspecified atom stereocenters. The molecular weight excluding hydrogens is 269 g/mol. The minimum Gasteiger partial charge on any atom is -0.320 e. The number of benzene rings is 1.